The van der Waals surface area contributed by atoms with Crippen molar-refractivity contribution in [3.05, 3.63) is 35.6 Å². The molecule has 6 heteroatoms. The van der Waals surface area contributed by atoms with Crippen LogP contribution in [-0.4, -0.2) is 61.6 Å². The van der Waals surface area contributed by atoms with E-state index in [1.807, 2.05) is 13.1 Å². The third-order valence-electron chi connectivity index (χ3n) is 3.99. The van der Waals surface area contributed by atoms with Gasteiger partial charge in [0.2, 0.25) is 5.91 Å². The van der Waals surface area contributed by atoms with Gasteiger partial charge in [-0.15, -0.1) is 0 Å². The van der Waals surface area contributed by atoms with Gasteiger partial charge < -0.3 is 14.5 Å². The molecule has 1 amide bonds. The van der Waals surface area contributed by atoms with E-state index < -0.39 is 0 Å². The number of carbonyl (C=O) groups is 1. The maximum absolute atomic E-state index is 13.4. The third-order valence-corrected chi connectivity index (χ3v) is 3.99. The molecular weight excluding hydrogens is 273 g/mol. The number of amides is 1. The van der Waals surface area contributed by atoms with Crippen LogP contribution in [0.3, 0.4) is 0 Å². The molecule has 0 spiro atoms. The molecule has 0 saturated carbocycles. The highest BCUT2D eigenvalue weighted by Crippen LogP contribution is 2.24. The number of rotatable bonds is 3. The molecule has 0 radical (unpaired) electrons. The van der Waals surface area contributed by atoms with Crippen LogP contribution in [0.5, 0.6) is 0 Å². The second kappa shape index (κ2) is 6.09. The van der Waals surface area contributed by atoms with E-state index in [0.717, 1.165) is 18.7 Å². The summed E-state index contributed by atoms with van der Waals surface area (Å²) in [5.74, 6) is -0.261. The van der Waals surface area contributed by atoms with E-state index in [9.17, 15) is 9.18 Å². The monoisotopic (exact) mass is 293 g/mol. The van der Waals surface area contributed by atoms with Crippen molar-refractivity contribution in [2.45, 2.75) is 12.3 Å². The van der Waals surface area contributed by atoms with Crippen LogP contribution < -0.4 is 5.32 Å². The minimum Gasteiger partial charge on any atom is -0.374 e. The van der Waals surface area contributed by atoms with Crippen LogP contribution in [0.4, 0.5) is 4.39 Å². The number of morpholine rings is 1. The molecule has 1 aromatic carbocycles. The van der Waals surface area contributed by atoms with E-state index >= 15 is 0 Å². The molecule has 3 rings (SSSR count). The van der Waals surface area contributed by atoms with Gasteiger partial charge in [-0.05, 0) is 24.7 Å². The summed E-state index contributed by atoms with van der Waals surface area (Å²) in [4.78, 5) is 16.0. The van der Waals surface area contributed by atoms with Crippen molar-refractivity contribution >= 4 is 5.91 Å². The number of nitrogens with one attached hydrogen (secondary N) is 1. The van der Waals surface area contributed by atoms with Crippen LogP contribution in [0, 0.1) is 5.82 Å². The molecule has 0 aliphatic carbocycles. The molecule has 5 nitrogen and oxygen atoms in total. The molecule has 1 aromatic rings. The van der Waals surface area contributed by atoms with Crippen molar-refractivity contribution in [1.29, 1.82) is 0 Å². The van der Waals surface area contributed by atoms with Gasteiger partial charge in [0, 0.05) is 13.1 Å². The summed E-state index contributed by atoms with van der Waals surface area (Å²) in [5.41, 5.74) is 0.769. The minimum atomic E-state index is -0.290. The summed E-state index contributed by atoms with van der Waals surface area (Å²) in [6, 6.07) is 6.37. The lowest BCUT2D eigenvalue weighted by atomic mass is 10.1. The first kappa shape index (κ1) is 14.4. The van der Waals surface area contributed by atoms with Crippen molar-refractivity contribution in [1.82, 2.24) is 15.1 Å². The zero-order chi connectivity index (χ0) is 14.8. The maximum Gasteiger partial charge on any atom is 0.238 e. The fourth-order valence-corrected chi connectivity index (χ4v) is 2.92. The van der Waals surface area contributed by atoms with Crippen LogP contribution in [0.25, 0.3) is 0 Å². The number of hydrogen-bond acceptors (Lipinski definition) is 4. The number of ether oxygens (including phenoxy) is 1. The average molecular weight is 293 g/mol. The van der Waals surface area contributed by atoms with Crippen LogP contribution >= 0.6 is 0 Å². The Kier molecular flexibility index (Phi) is 4.19. The van der Waals surface area contributed by atoms with Crippen LogP contribution in [-0.2, 0) is 9.53 Å². The van der Waals surface area contributed by atoms with E-state index in [1.165, 1.54) is 12.1 Å². The summed E-state index contributed by atoms with van der Waals surface area (Å²) in [7, 11) is 2.05. The molecule has 2 unspecified atom stereocenters. The number of likely N-dealkylation sites (N-methyl/N-ethyl adjacent to an activating group) is 1. The van der Waals surface area contributed by atoms with Crippen molar-refractivity contribution < 1.29 is 13.9 Å². The topological polar surface area (TPSA) is 44.8 Å². The smallest absolute Gasteiger partial charge is 0.238 e. The molecule has 114 valence electrons. The first-order valence-corrected chi connectivity index (χ1v) is 7.22. The molecular formula is C15H20FN3O2. The number of halogens is 1. The van der Waals surface area contributed by atoms with Crippen molar-refractivity contribution in [3.63, 3.8) is 0 Å². The van der Waals surface area contributed by atoms with Crippen molar-refractivity contribution in [2.24, 2.45) is 0 Å². The first-order valence-electron chi connectivity index (χ1n) is 7.22. The van der Waals surface area contributed by atoms with Gasteiger partial charge in [0.25, 0.3) is 0 Å². The number of benzene rings is 1. The largest absolute Gasteiger partial charge is 0.374 e. The Balaban J connectivity index is 1.73. The molecule has 21 heavy (non-hydrogen) atoms. The van der Waals surface area contributed by atoms with E-state index in [2.05, 4.69) is 10.2 Å². The predicted molar refractivity (Wildman–Crippen MR) is 76.1 cm³/mol. The standard InChI is InChI=1S/C15H20FN3O2/c1-18-5-6-21-13(9-18)10-19-14(20)8-17-15(19)11-3-2-4-12(16)7-11/h2-4,7,13,15,17H,5-6,8-10H2,1H3. The van der Waals surface area contributed by atoms with E-state index in [1.54, 1.807) is 11.0 Å². The SMILES string of the molecule is CN1CCOC(CN2C(=O)CNC2c2cccc(F)c2)C1. The van der Waals surface area contributed by atoms with E-state index in [4.69, 9.17) is 4.74 Å². The Bertz CT molecular complexity index is 525. The molecule has 2 saturated heterocycles. The highest BCUT2D eigenvalue weighted by Gasteiger charge is 2.34. The number of hydrogen-bond donors (Lipinski definition) is 1. The summed E-state index contributed by atoms with van der Waals surface area (Å²) < 4.78 is 19.1. The Labute approximate surface area is 123 Å². The highest BCUT2D eigenvalue weighted by atomic mass is 19.1. The molecule has 2 aliphatic heterocycles. The van der Waals surface area contributed by atoms with Crippen LogP contribution in [0.2, 0.25) is 0 Å². The predicted octanol–water partition coefficient (Wildman–Crippen LogP) is 0.587. The van der Waals surface area contributed by atoms with Crippen molar-refractivity contribution in [3.8, 4) is 0 Å². The lowest BCUT2D eigenvalue weighted by molar-refractivity contribution is -0.131. The molecule has 2 fully saturated rings. The second-order valence-electron chi connectivity index (χ2n) is 5.64. The quantitative estimate of drug-likeness (QED) is 0.886. The lowest BCUT2D eigenvalue weighted by Gasteiger charge is -2.34. The second-order valence-corrected chi connectivity index (χ2v) is 5.64. The van der Waals surface area contributed by atoms with Crippen LogP contribution in [0.15, 0.2) is 24.3 Å². The van der Waals surface area contributed by atoms with Gasteiger partial charge >= 0.3 is 0 Å². The van der Waals surface area contributed by atoms with Gasteiger partial charge in [-0.25, -0.2) is 4.39 Å². The summed E-state index contributed by atoms with van der Waals surface area (Å²) in [6.07, 6.45) is -0.271. The zero-order valence-corrected chi connectivity index (χ0v) is 12.1. The molecule has 2 aliphatic rings. The minimum absolute atomic E-state index is 0.00339. The van der Waals surface area contributed by atoms with Gasteiger partial charge in [-0.3, -0.25) is 10.1 Å². The normalized spacial score (nSPS) is 27.3. The molecule has 2 atom stereocenters. The lowest BCUT2D eigenvalue weighted by Crippen LogP contribution is -2.47. The Hall–Kier alpha value is -1.50. The van der Waals surface area contributed by atoms with E-state index in [0.29, 0.717) is 13.2 Å². The van der Waals surface area contributed by atoms with Crippen molar-refractivity contribution in [2.75, 3.05) is 39.8 Å². The average Bonchev–Trinajstić information content (AvgIpc) is 2.80. The van der Waals surface area contributed by atoms with Gasteiger partial charge in [-0.2, -0.15) is 0 Å². The fourth-order valence-electron chi connectivity index (χ4n) is 2.92. The third kappa shape index (κ3) is 3.23. The van der Waals surface area contributed by atoms with Gasteiger partial charge in [0.1, 0.15) is 12.0 Å². The highest BCUT2D eigenvalue weighted by molar-refractivity contribution is 5.81. The summed E-state index contributed by atoms with van der Waals surface area (Å²) in [5, 5.41) is 3.14. The van der Waals surface area contributed by atoms with Gasteiger partial charge in [-0.1, -0.05) is 12.1 Å². The summed E-state index contributed by atoms with van der Waals surface area (Å²) in [6.45, 7) is 3.21. The maximum atomic E-state index is 13.4. The molecule has 1 N–H and O–H groups in total. The van der Waals surface area contributed by atoms with E-state index in [-0.39, 0.29) is 30.5 Å². The fraction of sp³-hybridized carbons (Fsp3) is 0.533. The van der Waals surface area contributed by atoms with Gasteiger partial charge in [0.15, 0.2) is 0 Å². The zero-order valence-electron chi connectivity index (χ0n) is 12.1. The Morgan fingerprint density at radius 1 is 1.48 bits per heavy atom. The first-order chi connectivity index (χ1) is 10.1. The number of carbonyl (C=O) groups excluding carboxylic acids is 1. The Morgan fingerprint density at radius 2 is 2.33 bits per heavy atom. The summed E-state index contributed by atoms with van der Waals surface area (Å²) >= 11 is 0. The molecule has 2 heterocycles. The van der Waals surface area contributed by atoms with Gasteiger partial charge in [0.05, 0.1) is 25.8 Å². The Morgan fingerprint density at radius 3 is 3.10 bits per heavy atom. The molecule has 0 aromatic heterocycles. The number of nitrogens with zero attached hydrogens (tertiary/aromatic N) is 2. The molecule has 0 bridgehead atoms. The van der Waals surface area contributed by atoms with Crippen LogP contribution in [0.1, 0.15) is 11.7 Å².